The molecule has 0 amide bonds. The van der Waals surface area contributed by atoms with E-state index in [1.807, 2.05) is 24.3 Å². The zero-order chi connectivity index (χ0) is 45.1. The lowest BCUT2D eigenvalue weighted by atomic mass is 9.68. The molecule has 0 atom stereocenters. The summed E-state index contributed by atoms with van der Waals surface area (Å²) in [5.41, 5.74) is 21.2. The molecule has 3 nitrogen and oxygen atoms in total. The molecule has 12 rings (SSSR count). The van der Waals surface area contributed by atoms with Gasteiger partial charge < -0.3 is 9.80 Å². The molecule has 2 aliphatic rings. The van der Waals surface area contributed by atoms with Crippen LogP contribution in [0.5, 0.6) is 0 Å². The van der Waals surface area contributed by atoms with Gasteiger partial charge in [0, 0.05) is 27.9 Å². The van der Waals surface area contributed by atoms with Gasteiger partial charge in [0.2, 0.25) is 0 Å². The Hall–Kier alpha value is -8.53. The highest BCUT2D eigenvalue weighted by atomic mass is 16.1. The first kappa shape index (κ1) is 40.0. The summed E-state index contributed by atoms with van der Waals surface area (Å²) >= 11 is 0. The highest BCUT2D eigenvalue weighted by Gasteiger charge is 2.37. The van der Waals surface area contributed by atoms with Gasteiger partial charge in [0.1, 0.15) is 0 Å². The van der Waals surface area contributed by atoms with Crippen LogP contribution in [0.4, 0.5) is 34.1 Å². The molecule has 3 heteroatoms. The van der Waals surface area contributed by atoms with Gasteiger partial charge in [0.25, 0.3) is 0 Å². The fraction of sp³-hybridized carbons (Fsp3) is 0.0469. The Labute approximate surface area is 392 Å². The smallest absolute Gasteiger partial charge is 0.193 e. The summed E-state index contributed by atoms with van der Waals surface area (Å²) in [6.07, 6.45) is 0. The molecule has 10 aromatic rings. The van der Waals surface area contributed by atoms with Crippen molar-refractivity contribution in [2.75, 3.05) is 9.80 Å². The highest BCUT2D eigenvalue weighted by Crippen LogP contribution is 2.56. The van der Waals surface area contributed by atoms with Crippen LogP contribution in [0.1, 0.15) is 40.9 Å². The highest BCUT2D eigenvalue weighted by molar-refractivity contribution is 6.13. The van der Waals surface area contributed by atoms with Gasteiger partial charge >= 0.3 is 0 Å². The largest absolute Gasteiger partial charge is 0.306 e. The van der Waals surface area contributed by atoms with E-state index in [-0.39, 0.29) is 11.2 Å². The average Bonchev–Trinajstić information content (AvgIpc) is 3.40. The van der Waals surface area contributed by atoms with Gasteiger partial charge in [0.05, 0.1) is 22.7 Å². The van der Waals surface area contributed by atoms with E-state index >= 15 is 0 Å². The normalized spacial score (nSPS) is 13.3. The summed E-state index contributed by atoms with van der Waals surface area (Å²) in [4.78, 5) is 18.7. The Morgan fingerprint density at radius 3 is 1.28 bits per heavy atom. The molecule has 0 fully saturated rings. The molecule has 0 spiro atoms. The second-order valence-corrected chi connectivity index (χ2v) is 18.1. The SMILES string of the molecule is CC1(C)c2ccccc2C(=O)c2ccc(-c3cccc(N4c5ccc(-c6ccccc6)cc5N(c5ccccc5)c5cc(-c6cc(-c7ccccc7)cc(-c7ccccc7)c6)ccc54)c3)cc21. The summed E-state index contributed by atoms with van der Waals surface area (Å²) in [6, 6.07) is 86.8. The summed E-state index contributed by atoms with van der Waals surface area (Å²) < 4.78 is 0. The fourth-order valence-corrected chi connectivity index (χ4v) is 10.3. The van der Waals surface area contributed by atoms with Crippen molar-refractivity contribution in [1.82, 2.24) is 0 Å². The first-order chi connectivity index (χ1) is 32.9. The van der Waals surface area contributed by atoms with Crippen LogP contribution in [-0.2, 0) is 5.41 Å². The molecule has 318 valence electrons. The maximum atomic E-state index is 13.8. The van der Waals surface area contributed by atoms with E-state index in [1.54, 1.807) is 0 Å². The van der Waals surface area contributed by atoms with Crippen LogP contribution in [0, 0.1) is 0 Å². The van der Waals surface area contributed by atoms with E-state index in [4.69, 9.17) is 0 Å². The van der Waals surface area contributed by atoms with E-state index in [0.717, 1.165) is 89.8 Å². The molecule has 10 aromatic carbocycles. The second-order valence-electron chi connectivity index (χ2n) is 18.1. The number of nitrogens with zero attached hydrogens (tertiary/aromatic N) is 2. The number of carbonyl (C=O) groups is 1. The van der Waals surface area contributed by atoms with Gasteiger partial charge in [-0.15, -0.1) is 0 Å². The third-order valence-corrected chi connectivity index (χ3v) is 13.7. The Balaban J connectivity index is 1.05. The van der Waals surface area contributed by atoms with Crippen LogP contribution in [-0.4, -0.2) is 5.78 Å². The number of anilines is 6. The molecule has 1 aliphatic carbocycles. The Morgan fingerprint density at radius 1 is 0.284 bits per heavy atom. The van der Waals surface area contributed by atoms with Gasteiger partial charge in [0.15, 0.2) is 5.78 Å². The molecule has 0 aromatic heterocycles. The molecule has 0 radical (unpaired) electrons. The number of hydrogen-bond donors (Lipinski definition) is 0. The second kappa shape index (κ2) is 16.2. The van der Waals surface area contributed by atoms with Crippen LogP contribution in [0.15, 0.2) is 243 Å². The molecule has 0 N–H and O–H groups in total. The lowest BCUT2D eigenvalue weighted by Crippen LogP contribution is -2.30. The molecule has 0 saturated carbocycles. The first-order valence-corrected chi connectivity index (χ1v) is 23.0. The summed E-state index contributed by atoms with van der Waals surface area (Å²) in [5, 5.41) is 0. The maximum Gasteiger partial charge on any atom is 0.193 e. The predicted molar refractivity (Wildman–Crippen MR) is 279 cm³/mol. The standard InChI is InChI=1S/C64H46N2O/c1-64(2)57-29-16-15-28-55(57)63(67)56-33-30-47(40-58(56)64)46-24-17-27-54(39-46)66-59-34-31-48(43-18-7-3-8-19-43)41-61(59)65(53-25-13-6-14-26-53)62-42-49(32-35-60(62)66)52-37-50(44-20-9-4-10-21-44)36-51(38-52)45-22-11-5-12-23-45/h3-42H,1-2H3. The zero-order valence-electron chi connectivity index (χ0n) is 37.4. The molecular formula is C64H46N2O. The third-order valence-electron chi connectivity index (χ3n) is 13.7. The minimum atomic E-state index is -0.338. The van der Waals surface area contributed by atoms with E-state index in [1.165, 1.54) is 22.3 Å². The number of carbonyl (C=O) groups excluding carboxylic acids is 1. The quantitative estimate of drug-likeness (QED) is 0.160. The van der Waals surface area contributed by atoms with Gasteiger partial charge in [-0.3, -0.25) is 4.79 Å². The van der Waals surface area contributed by atoms with E-state index in [9.17, 15) is 4.79 Å². The third kappa shape index (κ3) is 6.95. The van der Waals surface area contributed by atoms with Gasteiger partial charge in [-0.1, -0.05) is 184 Å². The summed E-state index contributed by atoms with van der Waals surface area (Å²) in [5.74, 6) is 0.0899. The van der Waals surface area contributed by atoms with Crippen LogP contribution >= 0.6 is 0 Å². The van der Waals surface area contributed by atoms with Crippen molar-refractivity contribution in [2.24, 2.45) is 0 Å². The minimum absolute atomic E-state index is 0.0899. The lowest BCUT2D eigenvalue weighted by molar-refractivity contribution is 0.103. The fourth-order valence-electron chi connectivity index (χ4n) is 10.3. The molecule has 0 unspecified atom stereocenters. The van der Waals surface area contributed by atoms with Crippen molar-refractivity contribution < 1.29 is 4.79 Å². The molecular weight excluding hydrogens is 813 g/mol. The van der Waals surface area contributed by atoms with Crippen molar-refractivity contribution in [1.29, 1.82) is 0 Å². The van der Waals surface area contributed by atoms with Crippen LogP contribution in [0.2, 0.25) is 0 Å². The molecule has 67 heavy (non-hydrogen) atoms. The van der Waals surface area contributed by atoms with Gasteiger partial charge in [-0.05, 0) is 140 Å². The predicted octanol–water partition coefficient (Wildman–Crippen LogP) is 17.1. The van der Waals surface area contributed by atoms with E-state index in [0.29, 0.717) is 0 Å². The van der Waals surface area contributed by atoms with Gasteiger partial charge in [-0.2, -0.15) is 0 Å². The molecule has 0 bridgehead atoms. The Kier molecular flexibility index (Phi) is 9.66. The van der Waals surface area contributed by atoms with Crippen LogP contribution in [0.3, 0.4) is 0 Å². The van der Waals surface area contributed by atoms with Crippen LogP contribution in [0.25, 0.3) is 55.6 Å². The molecule has 1 aliphatic heterocycles. The van der Waals surface area contributed by atoms with Gasteiger partial charge in [-0.25, -0.2) is 0 Å². The number of para-hydroxylation sites is 1. The van der Waals surface area contributed by atoms with Crippen LogP contribution < -0.4 is 9.80 Å². The first-order valence-electron chi connectivity index (χ1n) is 23.0. The number of ketones is 1. The maximum absolute atomic E-state index is 13.8. The number of hydrogen-bond acceptors (Lipinski definition) is 3. The van der Waals surface area contributed by atoms with E-state index < -0.39 is 0 Å². The Morgan fingerprint density at radius 2 is 0.687 bits per heavy atom. The molecule has 0 saturated heterocycles. The number of rotatable bonds is 7. The number of benzene rings is 10. The average molecular weight is 859 g/mol. The van der Waals surface area contributed by atoms with E-state index in [2.05, 4.69) is 242 Å². The lowest BCUT2D eigenvalue weighted by Gasteiger charge is -2.41. The minimum Gasteiger partial charge on any atom is -0.306 e. The van der Waals surface area contributed by atoms with Crippen molar-refractivity contribution in [3.8, 4) is 55.6 Å². The topological polar surface area (TPSA) is 23.6 Å². The summed E-state index contributed by atoms with van der Waals surface area (Å²) in [7, 11) is 0. The van der Waals surface area contributed by atoms with Crippen molar-refractivity contribution in [2.45, 2.75) is 19.3 Å². The molecule has 1 heterocycles. The van der Waals surface area contributed by atoms with Crippen molar-refractivity contribution >= 4 is 39.9 Å². The monoisotopic (exact) mass is 858 g/mol. The number of fused-ring (bicyclic) bond motifs is 4. The zero-order valence-corrected chi connectivity index (χ0v) is 37.4. The van der Waals surface area contributed by atoms with Crippen molar-refractivity contribution in [3.63, 3.8) is 0 Å². The summed E-state index contributed by atoms with van der Waals surface area (Å²) in [6.45, 7) is 4.46. The van der Waals surface area contributed by atoms with Crippen molar-refractivity contribution in [3.05, 3.63) is 265 Å². The Bertz CT molecular complexity index is 3450.